The molecule has 24 heavy (non-hydrogen) atoms. The smallest absolute Gasteiger partial charge is 0.271 e. The van der Waals surface area contributed by atoms with Gasteiger partial charge in [0.15, 0.2) is 0 Å². The molecule has 0 saturated heterocycles. The largest absolute Gasteiger partial charge is 0.463 e. The molecule has 2 aromatic heterocycles. The Balaban J connectivity index is 1.58. The van der Waals surface area contributed by atoms with Crippen LogP contribution in [0.1, 0.15) is 40.7 Å². The molecule has 2 N–H and O–H groups in total. The van der Waals surface area contributed by atoms with Gasteiger partial charge in [-0.3, -0.25) is 4.79 Å². The molecule has 1 atom stereocenters. The second-order valence-corrected chi connectivity index (χ2v) is 6.40. The number of hydrazone groups is 1. The summed E-state index contributed by atoms with van der Waals surface area (Å²) >= 11 is 0. The standard InChI is InChI=1S/C19H19N3O2/c1-12-4-6-17-15(9-12)16-10-13(5-7-18(16)21-17)19(23)22-20-11-14-3-2-8-24-14/h2-3,5,7-8,10-12,21H,4,6,9H2,1H3,(H,22,23)/b20-11-. The summed E-state index contributed by atoms with van der Waals surface area (Å²) in [7, 11) is 0. The van der Waals surface area contributed by atoms with Crippen molar-refractivity contribution in [3.8, 4) is 0 Å². The number of hydrogen-bond acceptors (Lipinski definition) is 3. The first kappa shape index (κ1) is 14.8. The third-order valence-corrected chi connectivity index (χ3v) is 4.60. The fourth-order valence-corrected chi connectivity index (χ4v) is 3.32. The number of aryl methyl sites for hydroxylation is 1. The number of hydrogen-bond donors (Lipinski definition) is 2. The van der Waals surface area contributed by atoms with Crippen LogP contribution in [0.3, 0.4) is 0 Å². The lowest BCUT2D eigenvalue weighted by molar-refractivity contribution is 0.0955. The molecule has 5 heteroatoms. The Morgan fingerprint density at radius 1 is 1.42 bits per heavy atom. The highest BCUT2D eigenvalue weighted by molar-refractivity contribution is 5.99. The number of aromatic amines is 1. The molecule has 3 aromatic rings. The highest BCUT2D eigenvalue weighted by Gasteiger charge is 2.20. The zero-order valence-electron chi connectivity index (χ0n) is 13.5. The van der Waals surface area contributed by atoms with Crippen LogP contribution in [0.5, 0.6) is 0 Å². The molecule has 0 saturated carbocycles. The Hall–Kier alpha value is -2.82. The molecular formula is C19H19N3O2. The average Bonchev–Trinajstić information content (AvgIpc) is 3.21. The quantitative estimate of drug-likeness (QED) is 0.571. The predicted octanol–water partition coefficient (Wildman–Crippen LogP) is 3.65. The van der Waals surface area contributed by atoms with Crippen molar-refractivity contribution in [1.29, 1.82) is 0 Å². The van der Waals surface area contributed by atoms with Crippen molar-refractivity contribution < 1.29 is 9.21 Å². The van der Waals surface area contributed by atoms with Crippen LogP contribution in [-0.4, -0.2) is 17.1 Å². The van der Waals surface area contributed by atoms with Gasteiger partial charge in [0.25, 0.3) is 5.91 Å². The summed E-state index contributed by atoms with van der Waals surface area (Å²) in [5.74, 6) is 1.06. The number of carbonyl (C=O) groups excluding carboxylic acids is 1. The van der Waals surface area contributed by atoms with E-state index in [9.17, 15) is 4.79 Å². The third kappa shape index (κ3) is 2.73. The molecule has 4 rings (SSSR count). The molecule has 1 aliphatic rings. The number of fused-ring (bicyclic) bond motifs is 3. The number of nitrogens with one attached hydrogen (secondary N) is 2. The van der Waals surface area contributed by atoms with Crippen LogP contribution < -0.4 is 5.43 Å². The summed E-state index contributed by atoms with van der Waals surface area (Å²) in [6, 6.07) is 9.30. The van der Waals surface area contributed by atoms with Crippen molar-refractivity contribution in [3.05, 3.63) is 59.2 Å². The van der Waals surface area contributed by atoms with Crippen molar-refractivity contribution in [1.82, 2.24) is 10.4 Å². The number of rotatable bonds is 3. The van der Waals surface area contributed by atoms with Gasteiger partial charge in [0.05, 0.1) is 12.5 Å². The highest BCUT2D eigenvalue weighted by atomic mass is 16.3. The number of benzene rings is 1. The summed E-state index contributed by atoms with van der Waals surface area (Å²) in [6.07, 6.45) is 6.41. The fraction of sp³-hybridized carbons (Fsp3) is 0.263. The summed E-state index contributed by atoms with van der Waals surface area (Å²) in [6.45, 7) is 2.28. The SMILES string of the molecule is CC1CCc2[nH]c3ccc(C(=O)N/N=C\c4ccco4)cc3c2C1. The van der Waals surface area contributed by atoms with E-state index in [0.29, 0.717) is 17.2 Å². The molecule has 5 nitrogen and oxygen atoms in total. The van der Waals surface area contributed by atoms with Gasteiger partial charge in [-0.15, -0.1) is 0 Å². The van der Waals surface area contributed by atoms with E-state index in [0.717, 1.165) is 23.7 Å². The maximum absolute atomic E-state index is 12.3. The number of carbonyl (C=O) groups is 1. The summed E-state index contributed by atoms with van der Waals surface area (Å²) in [5, 5.41) is 5.08. The van der Waals surface area contributed by atoms with Gasteiger partial charge in [0, 0.05) is 22.2 Å². The number of furan rings is 1. The van der Waals surface area contributed by atoms with Crippen molar-refractivity contribution in [2.45, 2.75) is 26.2 Å². The molecule has 1 aliphatic carbocycles. The molecule has 0 bridgehead atoms. The lowest BCUT2D eigenvalue weighted by Crippen LogP contribution is -2.17. The predicted molar refractivity (Wildman–Crippen MR) is 93.3 cm³/mol. The third-order valence-electron chi connectivity index (χ3n) is 4.60. The van der Waals surface area contributed by atoms with Crippen LogP contribution in [0.4, 0.5) is 0 Å². The van der Waals surface area contributed by atoms with Gasteiger partial charge in [-0.1, -0.05) is 6.92 Å². The molecule has 1 amide bonds. The number of nitrogens with zero attached hydrogens (tertiary/aromatic N) is 1. The van der Waals surface area contributed by atoms with Crippen LogP contribution >= 0.6 is 0 Å². The van der Waals surface area contributed by atoms with E-state index in [2.05, 4.69) is 22.4 Å². The van der Waals surface area contributed by atoms with Gasteiger partial charge >= 0.3 is 0 Å². The van der Waals surface area contributed by atoms with Crippen molar-refractivity contribution >= 4 is 23.0 Å². The molecule has 2 heterocycles. The van der Waals surface area contributed by atoms with Gasteiger partial charge in [-0.2, -0.15) is 5.10 Å². The van der Waals surface area contributed by atoms with Crippen molar-refractivity contribution in [2.24, 2.45) is 11.0 Å². The van der Waals surface area contributed by atoms with E-state index in [-0.39, 0.29) is 5.91 Å². The first-order valence-electron chi connectivity index (χ1n) is 8.21. The van der Waals surface area contributed by atoms with E-state index in [4.69, 9.17) is 4.42 Å². The zero-order chi connectivity index (χ0) is 16.5. The highest BCUT2D eigenvalue weighted by Crippen LogP contribution is 2.32. The van der Waals surface area contributed by atoms with Crippen molar-refractivity contribution in [3.63, 3.8) is 0 Å². The number of H-pyrrole nitrogens is 1. The van der Waals surface area contributed by atoms with Crippen LogP contribution in [-0.2, 0) is 12.8 Å². The van der Waals surface area contributed by atoms with Crippen LogP contribution in [0.25, 0.3) is 10.9 Å². The zero-order valence-corrected chi connectivity index (χ0v) is 13.5. The monoisotopic (exact) mass is 321 g/mol. The van der Waals surface area contributed by atoms with E-state index in [1.54, 1.807) is 18.4 Å². The van der Waals surface area contributed by atoms with Gasteiger partial charge in [-0.05, 0) is 61.1 Å². The van der Waals surface area contributed by atoms with E-state index >= 15 is 0 Å². The minimum atomic E-state index is -0.224. The van der Waals surface area contributed by atoms with Gasteiger partial charge in [0.2, 0.25) is 0 Å². The van der Waals surface area contributed by atoms with Crippen LogP contribution in [0.15, 0.2) is 46.1 Å². The lowest BCUT2D eigenvalue weighted by atomic mass is 9.87. The maximum atomic E-state index is 12.3. The van der Waals surface area contributed by atoms with Crippen molar-refractivity contribution in [2.75, 3.05) is 0 Å². The van der Waals surface area contributed by atoms with E-state index < -0.39 is 0 Å². The molecule has 0 fully saturated rings. The first-order valence-corrected chi connectivity index (χ1v) is 8.21. The molecule has 0 spiro atoms. The first-order chi connectivity index (χ1) is 11.7. The van der Waals surface area contributed by atoms with E-state index in [1.807, 2.05) is 18.2 Å². The van der Waals surface area contributed by atoms with Gasteiger partial charge in [-0.25, -0.2) is 5.43 Å². The van der Waals surface area contributed by atoms with Gasteiger partial charge in [0.1, 0.15) is 5.76 Å². The Labute approximate surface area is 139 Å². The van der Waals surface area contributed by atoms with Crippen LogP contribution in [0.2, 0.25) is 0 Å². The molecule has 122 valence electrons. The second-order valence-electron chi connectivity index (χ2n) is 6.40. The Morgan fingerprint density at radius 3 is 3.17 bits per heavy atom. The van der Waals surface area contributed by atoms with Gasteiger partial charge < -0.3 is 9.40 Å². The van der Waals surface area contributed by atoms with E-state index in [1.165, 1.54) is 23.9 Å². The summed E-state index contributed by atoms with van der Waals surface area (Å²) in [4.78, 5) is 15.8. The lowest BCUT2D eigenvalue weighted by Gasteiger charge is -2.18. The Kier molecular flexibility index (Phi) is 3.69. The molecule has 0 radical (unpaired) electrons. The summed E-state index contributed by atoms with van der Waals surface area (Å²) in [5.41, 5.74) is 6.93. The average molecular weight is 321 g/mol. The fourth-order valence-electron chi connectivity index (χ4n) is 3.32. The molecular weight excluding hydrogens is 302 g/mol. The maximum Gasteiger partial charge on any atom is 0.271 e. The second kappa shape index (κ2) is 6.00. The number of amides is 1. The topological polar surface area (TPSA) is 70.4 Å². The minimum Gasteiger partial charge on any atom is -0.463 e. The Bertz CT molecular complexity index is 906. The minimum absolute atomic E-state index is 0.224. The molecule has 1 aromatic carbocycles. The summed E-state index contributed by atoms with van der Waals surface area (Å²) < 4.78 is 5.14. The normalized spacial score (nSPS) is 17.3. The molecule has 0 aliphatic heterocycles. The number of aromatic nitrogens is 1. The van der Waals surface area contributed by atoms with Crippen LogP contribution in [0, 0.1) is 5.92 Å². The molecule has 1 unspecified atom stereocenters. The Morgan fingerprint density at radius 2 is 2.33 bits per heavy atom.